The molecule has 0 fully saturated rings. The Morgan fingerprint density at radius 2 is 1.76 bits per heavy atom. The molecule has 0 spiro atoms. The van der Waals surface area contributed by atoms with E-state index < -0.39 is 16.1 Å². The van der Waals surface area contributed by atoms with Crippen LogP contribution in [-0.4, -0.2) is 20.4 Å². The molecule has 2 aromatic rings. The van der Waals surface area contributed by atoms with E-state index in [0.717, 1.165) is 23.3 Å². The van der Waals surface area contributed by atoms with Crippen molar-refractivity contribution in [2.45, 2.75) is 44.0 Å². The van der Waals surface area contributed by atoms with Crippen molar-refractivity contribution in [3.05, 3.63) is 52.9 Å². The molecule has 1 aromatic heterocycles. The summed E-state index contributed by atoms with van der Waals surface area (Å²) in [7, 11) is -3.69. The lowest BCUT2D eigenvalue weighted by Gasteiger charge is -2.21. The number of rotatable bonds is 8. The summed E-state index contributed by atoms with van der Waals surface area (Å²) in [5.41, 5.74) is 2.22. The smallest absolute Gasteiger partial charge is 0.250 e. The lowest BCUT2D eigenvalue weighted by Crippen LogP contribution is -2.49. The van der Waals surface area contributed by atoms with E-state index >= 15 is 0 Å². The summed E-state index contributed by atoms with van der Waals surface area (Å²) in [6, 6.07) is 10.4. The molecule has 5 nitrogen and oxygen atoms in total. The Kier molecular flexibility index (Phi) is 6.75. The van der Waals surface area contributed by atoms with Gasteiger partial charge in [0, 0.05) is 6.54 Å². The summed E-state index contributed by atoms with van der Waals surface area (Å²) in [5.74, 6) is -0.494. The highest BCUT2D eigenvalue weighted by Gasteiger charge is 2.28. The van der Waals surface area contributed by atoms with Gasteiger partial charge in [-0.05, 0) is 34.9 Å². The number of aryl methyl sites for hydroxylation is 1. The second kappa shape index (κ2) is 8.60. The van der Waals surface area contributed by atoms with Crippen LogP contribution in [0.2, 0.25) is 0 Å². The summed E-state index contributed by atoms with van der Waals surface area (Å²) in [5, 5.41) is 4.52. The number of thiophene rings is 1. The van der Waals surface area contributed by atoms with E-state index in [2.05, 4.69) is 17.0 Å². The van der Waals surface area contributed by atoms with E-state index in [9.17, 15) is 13.2 Å². The summed E-state index contributed by atoms with van der Waals surface area (Å²) in [4.78, 5) is 12.5. The van der Waals surface area contributed by atoms with Crippen LogP contribution in [0.3, 0.4) is 0 Å². The van der Waals surface area contributed by atoms with E-state index in [-0.39, 0.29) is 16.0 Å². The standard InChI is InChI=1S/C18H24N2O3S2/c1-4-14-7-9-15(10-8-14)12-19-18(21)17(13(2)3)20-25(22,23)16-6-5-11-24-16/h5-11,13,17,20H,4,12H2,1-3H3,(H,19,21)/t17-/m1/s1. The maximum atomic E-state index is 12.5. The number of carbonyl (C=O) groups excluding carboxylic acids is 1. The van der Waals surface area contributed by atoms with Crippen LogP contribution in [0.15, 0.2) is 46.0 Å². The van der Waals surface area contributed by atoms with Gasteiger partial charge in [-0.1, -0.05) is 51.1 Å². The highest BCUT2D eigenvalue weighted by molar-refractivity contribution is 7.91. The minimum atomic E-state index is -3.69. The van der Waals surface area contributed by atoms with Gasteiger partial charge in [0.2, 0.25) is 5.91 Å². The van der Waals surface area contributed by atoms with Gasteiger partial charge in [-0.2, -0.15) is 4.72 Å². The van der Waals surface area contributed by atoms with Gasteiger partial charge in [-0.25, -0.2) is 8.42 Å². The first-order valence-corrected chi connectivity index (χ1v) is 10.6. The van der Waals surface area contributed by atoms with Gasteiger partial charge in [0.25, 0.3) is 10.0 Å². The zero-order valence-electron chi connectivity index (χ0n) is 14.7. The Hall–Kier alpha value is -1.70. The highest BCUT2D eigenvalue weighted by Crippen LogP contribution is 2.17. The molecule has 1 atom stereocenters. The van der Waals surface area contributed by atoms with Crippen LogP contribution < -0.4 is 10.0 Å². The summed E-state index contributed by atoms with van der Waals surface area (Å²) in [6.07, 6.45) is 0.965. The molecule has 0 unspecified atom stereocenters. The number of carbonyl (C=O) groups is 1. The molecule has 1 heterocycles. The van der Waals surface area contributed by atoms with Crippen molar-refractivity contribution in [1.82, 2.24) is 10.0 Å². The first kappa shape index (κ1) is 19.6. The normalized spacial score (nSPS) is 13.0. The van der Waals surface area contributed by atoms with E-state index in [1.807, 2.05) is 38.1 Å². The molecule has 7 heteroatoms. The van der Waals surface area contributed by atoms with Crippen molar-refractivity contribution < 1.29 is 13.2 Å². The molecule has 1 aromatic carbocycles. The molecule has 2 N–H and O–H groups in total. The fourth-order valence-corrected chi connectivity index (χ4v) is 4.68. The van der Waals surface area contributed by atoms with Crippen LogP contribution in [-0.2, 0) is 27.8 Å². The van der Waals surface area contributed by atoms with Crippen molar-refractivity contribution in [2.24, 2.45) is 5.92 Å². The van der Waals surface area contributed by atoms with Gasteiger partial charge in [0.15, 0.2) is 0 Å². The predicted octanol–water partition coefficient (Wildman–Crippen LogP) is 2.93. The van der Waals surface area contributed by atoms with E-state index in [4.69, 9.17) is 0 Å². The number of hydrogen-bond acceptors (Lipinski definition) is 4. The van der Waals surface area contributed by atoms with Crippen LogP contribution in [0, 0.1) is 5.92 Å². The third-order valence-corrected chi connectivity index (χ3v) is 6.73. The minimum absolute atomic E-state index is 0.169. The molecule has 0 aliphatic rings. The average Bonchev–Trinajstić information content (AvgIpc) is 3.13. The number of hydrogen-bond donors (Lipinski definition) is 2. The number of nitrogens with one attached hydrogen (secondary N) is 2. The van der Waals surface area contributed by atoms with Gasteiger partial charge >= 0.3 is 0 Å². The highest BCUT2D eigenvalue weighted by atomic mass is 32.2. The molecule has 2 rings (SSSR count). The van der Waals surface area contributed by atoms with Gasteiger partial charge in [-0.3, -0.25) is 4.79 Å². The third-order valence-electron chi connectivity index (χ3n) is 3.89. The molecule has 0 radical (unpaired) electrons. The molecular weight excluding hydrogens is 356 g/mol. The summed E-state index contributed by atoms with van der Waals surface area (Å²) < 4.78 is 27.5. The van der Waals surface area contributed by atoms with Gasteiger partial charge in [-0.15, -0.1) is 11.3 Å². The Balaban J connectivity index is 2.02. The van der Waals surface area contributed by atoms with E-state index in [1.54, 1.807) is 11.4 Å². The molecular formula is C18H24N2O3S2. The van der Waals surface area contributed by atoms with Crippen LogP contribution in [0.5, 0.6) is 0 Å². The molecule has 136 valence electrons. The molecule has 0 saturated carbocycles. The third kappa shape index (κ3) is 5.39. The zero-order chi connectivity index (χ0) is 18.4. The van der Waals surface area contributed by atoms with Crippen LogP contribution >= 0.6 is 11.3 Å². The number of sulfonamides is 1. The molecule has 0 saturated heterocycles. The van der Waals surface area contributed by atoms with Crippen LogP contribution in [0.25, 0.3) is 0 Å². The Morgan fingerprint density at radius 1 is 1.12 bits per heavy atom. The Morgan fingerprint density at radius 3 is 2.28 bits per heavy atom. The fourth-order valence-electron chi connectivity index (χ4n) is 2.33. The SMILES string of the molecule is CCc1ccc(CNC(=O)[C@H](NS(=O)(=O)c2cccs2)C(C)C)cc1. The average molecular weight is 381 g/mol. The van der Waals surface area contributed by atoms with Crippen molar-refractivity contribution in [2.75, 3.05) is 0 Å². The monoisotopic (exact) mass is 380 g/mol. The summed E-state index contributed by atoms with van der Waals surface area (Å²) >= 11 is 1.13. The first-order valence-electron chi connectivity index (χ1n) is 8.25. The quantitative estimate of drug-likeness (QED) is 0.739. The fraction of sp³-hybridized carbons (Fsp3) is 0.389. The molecule has 0 aliphatic carbocycles. The zero-order valence-corrected chi connectivity index (χ0v) is 16.3. The summed E-state index contributed by atoms with van der Waals surface area (Å²) in [6.45, 7) is 6.09. The second-order valence-corrected chi connectivity index (χ2v) is 9.05. The predicted molar refractivity (Wildman–Crippen MR) is 101 cm³/mol. The van der Waals surface area contributed by atoms with Crippen LogP contribution in [0.4, 0.5) is 0 Å². The van der Waals surface area contributed by atoms with E-state index in [0.29, 0.717) is 6.54 Å². The second-order valence-electron chi connectivity index (χ2n) is 6.16. The maximum absolute atomic E-state index is 12.5. The largest absolute Gasteiger partial charge is 0.351 e. The van der Waals surface area contributed by atoms with Crippen molar-refractivity contribution in [3.63, 3.8) is 0 Å². The van der Waals surface area contributed by atoms with Gasteiger partial charge in [0.1, 0.15) is 10.3 Å². The molecule has 0 bridgehead atoms. The Labute approximate surface area is 153 Å². The number of amides is 1. The van der Waals surface area contributed by atoms with Crippen molar-refractivity contribution in [1.29, 1.82) is 0 Å². The van der Waals surface area contributed by atoms with Crippen molar-refractivity contribution in [3.8, 4) is 0 Å². The van der Waals surface area contributed by atoms with Gasteiger partial charge < -0.3 is 5.32 Å². The Bertz CT molecular complexity index is 782. The van der Waals surface area contributed by atoms with Gasteiger partial charge in [0.05, 0.1) is 0 Å². The van der Waals surface area contributed by atoms with E-state index in [1.165, 1.54) is 11.6 Å². The topological polar surface area (TPSA) is 75.3 Å². The van der Waals surface area contributed by atoms with Crippen LogP contribution in [0.1, 0.15) is 31.9 Å². The van der Waals surface area contributed by atoms with Crippen molar-refractivity contribution >= 4 is 27.3 Å². The number of benzene rings is 1. The lowest BCUT2D eigenvalue weighted by molar-refractivity contribution is -0.123. The molecule has 1 amide bonds. The minimum Gasteiger partial charge on any atom is -0.351 e. The molecule has 0 aliphatic heterocycles. The lowest BCUT2D eigenvalue weighted by atomic mass is 10.0. The maximum Gasteiger partial charge on any atom is 0.250 e. The molecule has 25 heavy (non-hydrogen) atoms. The first-order chi connectivity index (χ1) is 11.8.